The molecule has 56 valence electrons. The van der Waals surface area contributed by atoms with Crippen LogP contribution in [0.1, 0.15) is 5.56 Å². The van der Waals surface area contributed by atoms with Crippen LogP contribution in [0.3, 0.4) is 0 Å². The number of carbonyl (C=O) groups excluding carboxylic acids is 1. The van der Waals surface area contributed by atoms with Gasteiger partial charge in [-0.15, -0.1) is 0 Å². The summed E-state index contributed by atoms with van der Waals surface area (Å²) in [6.45, 7) is 0. The van der Waals surface area contributed by atoms with Gasteiger partial charge in [-0.05, 0) is 33.2 Å². The molecule has 0 radical (unpaired) electrons. The van der Waals surface area contributed by atoms with Gasteiger partial charge in [0.2, 0.25) is 5.12 Å². The van der Waals surface area contributed by atoms with E-state index < -0.39 is 0 Å². The summed E-state index contributed by atoms with van der Waals surface area (Å²) in [4.78, 5) is 12.2. The Bertz CT molecular complexity index is 296. The lowest BCUT2D eigenvalue weighted by Gasteiger charge is -2.11. The smallest absolute Gasteiger partial charge is 0.204 e. The molecule has 1 aromatic carbocycles. The Labute approximate surface area is 73.0 Å². The van der Waals surface area contributed by atoms with Crippen LogP contribution in [0.5, 0.6) is 0 Å². The molecule has 1 aliphatic rings. The van der Waals surface area contributed by atoms with E-state index in [2.05, 4.69) is 6.07 Å². The van der Waals surface area contributed by atoms with Gasteiger partial charge in [0.15, 0.2) is 0 Å². The Hall–Kier alpha value is -0.410. The summed E-state index contributed by atoms with van der Waals surface area (Å²) < 4.78 is 0. The lowest BCUT2D eigenvalue weighted by Crippen LogP contribution is -2.01. The molecule has 0 fully saturated rings. The molecule has 1 nitrogen and oxygen atoms in total. The molecule has 3 heteroatoms. The van der Waals surface area contributed by atoms with E-state index in [9.17, 15) is 4.79 Å². The van der Waals surface area contributed by atoms with E-state index in [-0.39, 0.29) is 5.12 Å². The molecule has 1 aromatic rings. The van der Waals surface area contributed by atoms with Crippen LogP contribution in [0, 0.1) is 0 Å². The second-order valence-electron chi connectivity index (χ2n) is 2.32. The second kappa shape index (κ2) is 2.91. The second-order valence-corrected chi connectivity index (χ2v) is 4.55. The van der Waals surface area contributed by atoms with Crippen LogP contribution < -0.4 is 0 Å². The van der Waals surface area contributed by atoms with Crippen molar-refractivity contribution in [3.8, 4) is 0 Å². The fourth-order valence-corrected chi connectivity index (χ4v) is 3.00. The first kappa shape index (κ1) is 7.25. The van der Waals surface area contributed by atoms with Crippen molar-refractivity contribution < 1.29 is 4.79 Å². The Kier molecular flexibility index (Phi) is 1.92. The predicted octanol–water partition coefficient (Wildman–Crippen LogP) is 2.51. The highest BCUT2D eigenvalue weighted by molar-refractivity contribution is 8.82. The first-order valence-electron chi connectivity index (χ1n) is 3.31. The molecule has 2 rings (SSSR count). The normalized spacial score (nSPS) is 16.2. The SMILES string of the molecule is O=C1Cc2ccccc2SS1. The van der Waals surface area contributed by atoms with Crippen molar-refractivity contribution >= 4 is 26.7 Å². The average Bonchev–Trinajstić information content (AvgIpc) is 2.04. The molecule has 0 bridgehead atoms. The maximum Gasteiger partial charge on any atom is 0.204 e. The Morgan fingerprint density at radius 1 is 1.18 bits per heavy atom. The van der Waals surface area contributed by atoms with Crippen molar-refractivity contribution in [3.63, 3.8) is 0 Å². The van der Waals surface area contributed by atoms with Crippen LogP contribution in [0.15, 0.2) is 29.2 Å². The van der Waals surface area contributed by atoms with E-state index in [1.165, 1.54) is 21.3 Å². The highest BCUT2D eigenvalue weighted by atomic mass is 33.1. The minimum atomic E-state index is 0.258. The molecule has 0 saturated heterocycles. The molecular formula is C8H6OS2. The third kappa shape index (κ3) is 1.44. The molecule has 11 heavy (non-hydrogen) atoms. The van der Waals surface area contributed by atoms with Gasteiger partial charge in [0, 0.05) is 11.3 Å². The van der Waals surface area contributed by atoms with Gasteiger partial charge in [0.25, 0.3) is 0 Å². The monoisotopic (exact) mass is 182 g/mol. The fraction of sp³-hybridized carbons (Fsp3) is 0.125. The zero-order valence-corrected chi connectivity index (χ0v) is 7.37. The van der Waals surface area contributed by atoms with E-state index in [1.54, 1.807) is 10.8 Å². The Balaban J connectivity index is 2.41. The summed E-state index contributed by atoms with van der Waals surface area (Å²) in [6.07, 6.45) is 0.591. The van der Waals surface area contributed by atoms with Crippen LogP contribution in [0.25, 0.3) is 0 Å². The third-order valence-corrected chi connectivity index (χ3v) is 3.87. The zero-order chi connectivity index (χ0) is 7.68. The third-order valence-electron chi connectivity index (χ3n) is 1.53. The summed E-state index contributed by atoms with van der Waals surface area (Å²) in [6, 6.07) is 8.05. The van der Waals surface area contributed by atoms with Crippen LogP contribution in [0.2, 0.25) is 0 Å². The topological polar surface area (TPSA) is 17.1 Å². The minimum absolute atomic E-state index is 0.258. The van der Waals surface area contributed by atoms with Crippen molar-refractivity contribution in [2.45, 2.75) is 11.3 Å². The number of carbonyl (C=O) groups is 1. The van der Waals surface area contributed by atoms with Crippen LogP contribution in [0.4, 0.5) is 0 Å². The molecular weight excluding hydrogens is 176 g/mol. The summed E-state index contributed by atoms with van der Waals surface area (Å²) in [7, 11) is 2.90. The largest absolute Gasteiger partial charge is 0.286 e. The standard InChI is InChI=1S/C8H6OS2/c9-8-5-6-3-1-2-4-7(6)10-11-8/h1-4H,5H2. The molecule has 1 heterocycles. The van der Waals surface area contributed by atoms with Crippen LogP contribution in [-0.4, -0.2) is 5.12 Å². The van der Waals surface area contributed by atoms with E-state index in [4.69, 9.17) is 0 Å². The van der Waals surface area contributed by atoms with Gasteiger partial charge >= 0.3 is 0 Å². The van der Waals surface area contributed by atoms with Crippen LogP contribution in [-0.2, 0) is 11.2 Å². The highest BCUT2D eigenvalue weighted by Gasteiger charge is 2.15. The van der Waals surface area contributed by atoms with Crippen molar-refractivity contribution in [1.29, 1.82) is 0 Å². The zero-order valence-electron chi connectivity index (χ0n) is 5.74. The average molecular weight is 182 g/mol. The molecule has 0 aliphatic carbocycles. The predicted molar refractivity (Wildman–Crippen MR) is 48.6 cm³/mol. The summed E-state index contributed by atoms with van der Waals surface area (Å²) in [5.74, 6) is 0. The maximum absolute atomic E-state index is 11.0. The van der Waals surface area contributed by atoms with Gasteiger partial charge in [-0.1, -0.05) is 18.2 Å². The van der Waals surface area contributed by atoms with E-state index >= 15 is 0 Å². The van der Waals surface area contributed by atoms with Crippen molar-refractivity contribution in [3.05, 3.63) is 29.8 Å². The molecule has 0 atom stereocenters. The maximum atomic E-state index is 11.0. The van der Waals surface area contributed by atoms with E-state index in [0.717, 1.165) is 0 Å². The van der Waals surface area contributed by atoms with Gasteiger partial charge in [-0.3, -0.25) is 4.79 Å². The Morgan fingerprint density at radius 3 is 2.91 bits per heavy atom. The quantitative estimate of drug-likeness (QED) is 0.574. The van der Waals surface area contributed by atoms with E-state index in [0.29, 0.717) is 6.42 Å². The number of rotatable bonds is 0. The number of benzene rings is 1. The van der Waals surface area contributed by atoms with Gasteiger partial charge in [0.1, 0.15) is 0 Å². The van der Waals surface area contributed by atoms with Gasteiger partial charge in [-0.25, -0.2) is 0 Å². The summed E-state index contributed by atoms with van der Waals surface area (Å²) in [5, 5.41) is 0.258. The van der Waals surface area contributed by atoms with Gasteiger partial charge < -0.3 is 0 Å². The van der Waals surface area contributed by atoms with Crippen molar-refractivity contribution in [2.75, 3.05) is 0 Å². The lowest BCUT2D eigenvalue weighted by molar-refractivity contribution is -0.110. The summed E-state index contributed by atoms with van der Waals surface area (Å²) >= 11 is 0. The number of fused-ring (bicyclic) bond motifs is 1. The van der Waals surface area contributed by atoms with Gasteiger partial charge in [-0.2, -0.15) is 0 Å². The highest BCUT2D eigenvalue weighted by Crippen LogP contribution is 2.39. The molecule has 1 aliphatic heterocycles. The number of hydrogen-bond donors (Lipinski definition) is 0. The molecule has 0 spiro atoms. The molecule has 0 aromatic heterocycles. The fourth-order valence-electron chi connectivity index (χ4n) is 1.01. The van der Waals surface area contributed by atoms with E-state index in [1.807, 2.05) is 18.2 Å². The van der Waals surface area contributed by atoms with Crippen molar-refractivity contribution in [1.82, 2.24) is 0 Å². The summed E-state index contributed by atoms with van der Waals surface area (Å²) in [5.41, 5.74) is 1.17. The van der Waals surface area contributed by atoms with Crippen LogP contribution >= 0.6 is 21.6 Å². The first-order chi connectivity index (χ1) is 5.36. The molecule has 0 unspecified atom stereocenters. The molecule has 0 amide bonds. The Morgan fingerprint density at radius 2 is 2.00 bits per heavy atom. The first-order valence-corrected chi connectivity index (χ1v) is 5.46. The van der Waals surface area contributed by atoms with Gasteiger partial charge in [0.05, 0.1) is 0 Å². The molecule has 0 saturated carbocycles. The lowest BCUT2D eigenvalue weighted by atomic mass is 10.2. The minimum Gasteiger partial charge on any atom is -0.286 e. The molecule has 0 N–H and O–H groups in total. The number of hydrogen-bond acceptors (Lipinski definition) is 3. The van der Waals surface area contributed by atoms with Crippen molar-refractivity contribution in [2.24, 2.45) is 0 Å².